The van der Waals surface area contributed by atoms with Gasteiger partial charge in [-0.2, -0.15) is 8.42 Å². The van der Waals surface area contributed by atoms with Crippen LogP contribution in [0, 0.1) is 12.8 Å². The van der Waals surface area contributed by atoms with Crippen molar-refractivity contribution in [3.63, 3.8) is 0 Å². The van der Waals surface area contributed by atoms with E-state index in [1.165, 1.54) is 6.42 Å². The van der Waals surface area contributed by atoms with Crippen LogP contribution in [0.4, 0.5) is 0 Å². The summed E-state index contributed by atoms with van der Waals surface area (Å²) in [4.78, 5) is -0.712. The molecule has 1 aliphatic rings. The van der Waals surface area contributed by atoms with Crippen molar-refractivity contribution in [1.29, 1.82) is 0 Å². The second-order valence-electron chi connectivity index (χ2n) is 5.56. The van der Waals surface area contributed by atoms with Crippen LogP contribution in [0.1, 0.15) is 37.7 Å². The first-order valence-corrected chi connectivity index (χ1v) is 9.46. The van der Waals surface area contributed by atoms with Crippen molar-refractivity contribution in [2.75, 3.05) is 0 Å². The molecule has 0 aliphatic heterocycles. The van der Waals surface area contributed by atoms with Crippen LogP contribution in [0.25, 0.3) is 0 Å². The van der Waals surface area contributed by atoms with E-state index < -0.39 is 21.1 Å². The zero-order valence-electron chi connectivity index (χ0n) is 12.0. The third-order valence-corrected chi connectivity index (χ3v) is 5.73. The Morgan fingerprint density at radius 3 is 2.19 bits per heavy atom. The number of benzene rings is 1. The van der Waals surface area contributed by atoms with Gasteiger partial charge in [-0.25, -0.2) is 0 Å². The number of halogens is 2. The van der Waals surface area contributed by atoms with Gasteiger partial charge in [0.25, 0.3) is 10.1 Å². The Hall–Kier alpha value is -0.290. The Labute approximate surface area is 136 Å². The van der Waals surface area contributed by atoms with Gasteiger partial charge in [0.2, 0.25) is 0 Å². The van der Waals surface area contributed by atoms with Crippen LogP contribution in [-0.2, 0) is 14.3 Å². The molecule has 0 bridgehead atoms. The largest absolute Gasteiger partial charge is 0.297 e. The molecular formula is C15H20Cl2O3S. The standard InChI is InChI=1S/C15H20Cl2O3S/c1-11-7-9-13(10-8-11)21(18,19)20-14(15(16)17)12-5-3-2-4-6-12/h7-10,12,14-15H,2-6H2,1H3. The maximum atomic E-state index is 12.4. The maximum Gasteiger partial charge on any atom is 0.297 e. The van der Waals surface area contributed by atoms with Gasteiger partial charge in [0.15, 0.2) is 0 Å². The van der Waals surface area contributed by atoms with Gasteiger partial charge in [-0.1, -0.05) is 37.0 Å². The van der Waals surface area contributed by atoms with Gasteiger partial charge in [-0.05, 0) is 37.8 Å². The summed E-state index contributed by atoms with van der Waals surface area (Å²) in [6.07, 6.45) is 4.43. The summed E-state index contributed by atoms with van der Waals surface area (Å²) in [5, 5.41) is 0. The molecule has 21 heavy (non-hydrogen) atoms. The highest BCUT2D eigenvalue weighted by Crippen LogP contribution is 2.34. The van der Waals surface area contributed by atoms with Gasteiger partial charge < -0.3 is 0 Å². The summed E-state index contributed by atoms with van der Waals surface area (Å²) < 4.78 is 30.1. The minimum atomic E-state index is -3.84. The monoisotopic (exact) mass is 350 g/mol. The molecule has 0 aromatic heterocycles. The lowest BCUT2D eigenvalue weighted by atomic mass is 9.86. The van der Waals surface area contributed by atoms with Crippen molar-refractivity contribution in [3.05, 3.63) is 29.8 Å². The molecule has 0 amide bonds. The Morgan fingerprint density at radius 2 is 1.67 bits per heavy atom. The molecule has 0 N–H and O–H groups in total. The first-order valence-electron chi connectivity index (χ1n) is 7.18. The van der Waals surface area contributed by atoms with Gasteiger partial charge >= 0.3 is 0 Å². The third kappa shape index (κ3) is 4.59. The van der Waals surface area contributed by atoms with Crippen LogP contribution < -0.4 is 0 Å². The molecule has 1 saturated carbocycles. The molecule has 2 rings (SSSR count). The SMILES string of the molecule is Cc1ccc(S(=O)(=O)OC(C(Cl)Cl)C2CCCCC2)cc1. The summed E-state index contributed by atoms with van der Waals surface area (Å²) in [6.45, 7) is 1.90. The number of aryl methyl sites for hydroxylation is 1. The van der Waals surface area contributed by atoms with Crippen LogP contribution in [0.15, 0.2) is 29.2 Å². The van der Waals surface area contributed by atoms with Crippen LogP contribution >= 0.6 is 23.2 Å². The molecule has 1 fully saturated rings. The Kier molecular flexibility index (Phi) is 5.95. The van der Waals surface area contributed by atoms with Crippen molar-refractivity contribution in [3.8, 4) is 0 Å². The van der Waals surface area contributed by atoms with Crippen molar-refractivity contribution < 1.29 is 12.6 Å². The smallest absolute Gasteiger partial charge is 0.260 e. The lowest BCUT2D eigenvalue weighted by Crippen LogP contribution is -2.33. The van der Waals surface area contributed by atoms with E-state index in [1.54, 1.807) is 24.3 Å². The molecule has 3 nitrogen and oxygen atoms in total. The topological polar surface area (TPSA) is 43.4 Å². The third-order valence-electron chi connectivity index (χ3n) is 3.91. The molecule has 1 aromatic carbocycles. The number of rotatable bonds is 5. The van der Waals surface area contributed by atoms with Crippen molar-refractivity contribution >= 4 is 33.3 Å². The lowest BCUT2D eigenvalue weighted by Gasteiger charge is -2.30. The highest BCUT2D eigenvalue weighted by atomic mass is 35.5. The minimum absolute atomic E-state index is 0.0963. The number of alkyl halides is 2. The molecular weight excluding hydrogens is 331 g/mol. The zero-order valence-corrected chi connectivity index (χ0v) is 14.3. The van der Waals surface area contributed by atoms with E-state index in [1.807, 2.05) is 6.92 Å². The Morgan fingerprint density at radius 1 is 1.10 bits per heavy atom. The van der Waals surface area contributed by atoms with Crippen LogP contribution in [0.2, 0.25) is 0 Å². The fraction of sp³-hybridized carbons (Fsp3) is 0.600. The van der Waals surface area contributed by atoms with Gasteiger partial charge in [-0.3, -0.25) is 4.18 Å². The zero-order chi connectivity index (χ0) is 15.5. The van der Waals surface area contributed by atoms with E-state index in [4.69, 9.17) is 27.4 Å². The highest BCUT2D eigenvalue weighted by molar-refractivity contribution is 7.86. The van der Waals surface area contributed by atoms with E-state index >= 15 is 0 Å². The van der Waals surface area contributed by atoms with Crippen LogP contribution in [0.5, 0.6) is 0 Å². The number of hydrogen-bond acceptors (Lipinski definition) is 3. The number of hydrogen-bond donors (Lipinski definition) is 0. The lowest BCUT2D eigenvalue weighted by molar-refractivity contribution is 0.125. The highest BCUT2D eigenvalue weighted by Gasteiger charge is 2.34. The first-order chi connectivity index (χ1) is 9.90. The average Bonchev–Trinajstić information content (AvgIpc) is 2.46. The molecule has 118 valence electrons. The quantitative estimate of drug-likeness (QED) is 0.581. The van der Waals surface area contributed by atoms with Crippen molar-refractivity contribution in [2.45, 2.75) is 54.9 Å². The maximum absolute atomic E-state index is 12.4. The van der Waals surface area contributed by atoms with Crippen molar-refractivity contribution in [1.82, 2.24) is 0 Å². The van der Waals surface area contributed by atoms with Gasteiger partial charge in [0.1, 0.15) is 10.9 Å². The minimum Gasteiger partial charge on any atom is -0.260 e. The molecule has 6 heteroatoms. The first kappa shape index (κ1) is 17.1. The summed E-state index contributed by atoms with van der Waals surface area (Å²) in [6, 6.07) is 6.57. The van der Waals surface area contributed by atoms with Crippen LogP contribution in [0.3, 0.4) is 0 Å². The molecule has 0 radical (unpaired) electrons. The normalized spacial score (nSPS) is 18.9. The average molecular weight is 351 g/mol. The summed E-state index contributed by atoms with van der Waals surface area (Å²) in [5.74, 6) is 0.0963. The molecule has 1 unspecified atom stereocenters. The fourth-order valence-corrected chi connectivity index (χ4v) is 4.47. The molecule has 1 aliphatic carbocycles. The summed E-state index contributed by atoms with van der Waals surface area (Å²) >= 11 is 11.9. The van der Waals surface area contributed by atoms with E-state index in [2.05, 4.69) is 0 Å². The van der Waals surface area contributed by atoms with Crippen LogP contribution in [-0.4, -0.2) is 19.4 Å². The van der Waals surface area contributed by atoms with E-state index in [0.29, 0.717) is 0 Å². The second kappa shape index (κ2) is 7.32. The van der Waals surface area contributed by atoms with Crippen molar-refractivity contribution in [2.24, 2.45) is 5.92 Å². The predicted octanol–water partition coefficient (Wildman–Crippen LogP) is 4.45. The van der Waals surface area contributed by atoms with E-state index in [9.17, 15) is 8.42 Å². The predicted molar refractivity (Wildman–Crippen MR) is 85.3 cm³/mol. The van der Waals surface area contributed by atoms with E-state index in [-0.39, 0.29) is 10.8 Å². The fourth-order valence-electron chi connectivity index (χ4n) is 2.70. The molecule has 1 aromatic rings. The molecule has 0 saturated heterocycles. The molecule has 1 atom stereocenters. The van der Waals surface area contributed by atoms with Gasteiger partial charge in [-0.15, -0.1) is 23.2 Å². The Bertz CT molecular complexity index is 549. The Balaban J connectivity index is 2.16. The second-order valence-corrected chi connectivity index (χ2v) is 8.30. The van der Waals surface area contributed by atoms with Gasteiger partial charge in [0, 0.05) is 0 Å². The summed E-state index contributed by atoms with van der Waals surface area (Å²) in [7, 11) is -3.84. The molecule has 0 spiro atoms. The van der Waals surface area contributed by atoms with E-state index in [0.717, 1.165) is 31.2 Å². The molecule has 0 heterocycles. The van der Waals surface area contributed by atoms with Gasteiger partial charge in [0.05, 0.1) is 4.90 Å². The summed E-state index contributed by atoms with van der Waals surface area (Å²) in [5.41, 5.74) is 0.991.